The van der Waals surface area contributed by atoms with Gasteiger partial charge in [0.05, 0.1) is 0 Å². The van der Waals surface area contributed by atoms with Gasteiger partial charge in [-0.1, -0.05) is 35.8 Å². The van der Waals surface area contributed by atoms with E-state index in [0.717, 1.165) is 40.7 Å². The molecule has 0 radical (unpaired) electrons. The summed E-state index contributed by atoms with van der Waals surface area (Å²) in [6.07, 6.45) is -6.05. The van der Waals surface area contributed by atoms with Gasteiger partial charge in [-0.15, -0.1) is 5.10 Å². The Bertz CT molecular complexity index is 1280. The van der Waals surface area contributed by atoms with Gasteiger partial charge in [-0.3, -0.25) is 24.3 Å². The average molecular weight is 639 g/mol. The molecule has 5 atom stereocenters. The third-order valence-electron chi connectivity index (χ3n) is 6.29. The van der Waals surface area contributed by atoms with Gasteiger partial charge < -0.3 is 28.4 Å². The van der Waals surface area contributed by atoms with Crippen molar-refractivity contribution >= 4 is 39.8 Å². The van der Waals surface area contributed by atoms with E-state index in [1.807, 2.05) is 39.0 Å². The number of rotatable bonds is 10. The zero-order valence-electron chi connectivity index (χ0n) is 24.0. The van der Waals surface area contributed by atoms with Crippen molar-refractivity contribution in [1.29, 1.82) is 0 Å². The first-order valence-electron chi connectivity index (χ1n) is 13.1. The van der Waals surface area contributed by atoms with Crippen molar-refractivity contribution < 1.29 is 47.6 Å². The van der Waals surface area contributed by atoms with Crippen LogP contribution < -0.4 is 4.74 Å². The van der Waals surface area contributed by atoms with Gasteiger partial charge >= 0.3 is 23.9 Å². The molecule has 13 heteroatoms. The lowest BCUT2D eigenvalue weighted by molar-refractivity contribution is -0.289. The van der Waals surface area contributed by atoms with Crippen LogP contribution in [0.1, 0.15) is 69.8 Å². The van der Waals surface area contributed by atoms with Crippen LogP contribution in [0.4, 0.5) is 0 Å². The van der Waals surface area contributed by atoms with Crippen LogP contribution in [0.3, 0.4) is 0 Å². The minimum Gasteiger partial charge on any atom is -0.463 e. The van der Waals surface area contributed by atoms with Crippen LogP contribution in [0, 0.1) is 6.92 Å². The summed E-state index contributed by atoms with van der Waals surface area (Å²) < 4.78 is 34.8. The van der Waals surface area contributed by atoms with E-state index in [9.17, 15) is 19.2 Å². The van der Waals surface area contributed by atoms with E-state index in [1.165, 1.54) is 13.8 Å². The van der Waals surface area contributed by atoms with E-state index in [2.05, 4.69) is 26.1 Å². The smallest absolute Gasteiger partial charge is 0.303 e. The summed E-state index contributed by atoms with van der Waals surface area (Å²) in [5.74, 6) is -2.55. The first kappa shape index (κ1) is 32.1. The van der Waals surface area contributed by atoms with Gasteiger partial charge in [0.2, 0.25) is 18.3 Å². The number of carbonyl (C=O) groups is 4. The number of carbonyl (C=O) groups excluding carboxylic acids is 4. The highest BCUT2D eigenvalue weighted by molar-refractivity contribution is 9.10. The maximum atomic E-state index is 12.2. The number of benzene rings is 1. The Kier molecular flexibility index (Phi) is 10.9. The molecular weight excluding hydrogens is 604 g/mol. The molecule has 0 saturated carbocycles. The second kappa shape index (κ2) is 13.9. The number of esters is 4. The fraction of sp³-hybridized carbons (Fsp3) is 0.536. The summed E-state index contributed by atoms with van der Waals surface area (Å²) in [5, 5.41) is 7.41. The molecular formula is C28H35BrN2O10. The van der Waals surface area contributed by atoms with Crippen LogP contribution >= 0.6 is 15.9 Å². The first-order chi connectivity index (χ1) is 19.3. The lowest BCUT2D eigenvalue weighted by atomic mass is 9.96. The Balaban J connectivity index is 2.06. The molecule has 1 aromatic carbocycles. The number of H-pyrrole nitrogens is 1. The summed E-state index contributed by atoms with van der Waals surface area (Å²) >= 11 is 3.49. The molecule has 1 aliphatic rings. The first-order valence-corrected chi connectivity index (χ1v) is 13.8. The predicted molar refractivity (Wildman–Crippen MR) is 147 cm³/mol. The zero-order valence-corrected chi connectivity index (χ0v) is 25.6. The number of nitrogens with one attached hydrogen (secondary N) is 1. The maximum Gasteiger partial charge on any atom is 0.303 e. The van der Waals surface area contributed by atoms with Crippen LogP contribution in [-0.2, 0) is 49.3 Å². The number of aromatic amines is 1. The van der Waals surface area contributed by atoms with Gasteiger partial charge in [-0.05, 0) is 36.1 Å². The molecule has 12 nitrogen and oxygen atoms in total. The van der Waals surface area contributed by atoms with Gasteiger partial charge in [0, 0.05) is 49.8 Å². The SMILES string of the molecule is CC(=O)OC[C@H]1O[C@H](Oc2n[nH]c(C(C)C)c2Cc2ccc(Br)cc2C)[C@H](OC(C)=O)[C@@H](OC(C)=O)[C@@H]1OC(C)=O. The topological polar surface area (TPSA) is 152 Å². The molecule has 1 N–H and O–H groups in total. The Hall–Kier alpha value is -3.45. The van der Waals surface area contributed by atoms with Crippen molar-refractivity contribution in [2.45, 2.75) is 91.5 Å². The minimum absolute atomic E-state index is 0.0565. The normalized spacial score (nSPS) is 22.1. The van der Waals surface area contributed by atoms with Crippen molar-refractivity contribution in [1.82, 2.24) is 10.2 Å². The van der Waals surface area contributed by atoms with Crippen molar-refractivity contribution in [3.63, 3.8) is 0 Å². The van der Waals surface area contributed by atoms with Gasteiger partial charge in [0.1, 0.15) is 12.7 Å². The fourth-order valence-corrected chi connectivity index (χ4v) is 5.02. The second-order valence-electron chi connectivity index (χ2n) is 10.0. The molecule has 3 rings (SSSR count). The average Bonchev–Trinajstić information content (AvgIpc) is 3.24. The maximum absolute atomic E-state index is 12.2. The second-order valence-corrected chi connectivity index (χ2v) is 10.9. The largest absolute Gasteiger partial charge is 0.463 e. The molecule has 2 aromatic rings. The molecule has 0 unspecified atom stereocenters. The van der Waals surface area contributed by atoms with Crippen LogP contribution in [-0.4, -0.2) is 71.4 Å². The summed E-state index contributed by atoms with van der Waals surface area (Å²) in [6.45, 7) is 10.3. The molecule has 0 bridgehead atoms. The Morgan fingerprint density at radius 2 is 1.56 bits per heavy atom. The van der Waals surface area contributed by atoms with Crippen LogP contribution in [0.5, 0.6) is 5.88 Å². The fourth-order valence-electron chi connectivity index (χ4n) is 4.55. The third kappa shape index (κ3) is 8.52. The minimum atomic E-state index is -1.39. The lowest BCUT2D eigenvalue weighted by Gasteiger charge is -2.43. The highest BCUT2D eigenvalue weighted by atomic mass is 79.9. The van der Waals surface area contributed by atoms with E-state index >= 15 is 0 Å². The highest BCUT2D eigenvalue weighted by Crippen LogP contribution is 2.34. The van der Waals surface area contributed by atoms with E-state index in [4.69, 9.17) is 28.4 Å². The molecule has 41 heavy (non-hydrogen) atoms. The molecule has 0 amide bonds. The van der Waals surface area contributed by atoms with E-state index < -0.39 is 54.6 Å². The predicted octanol–water partition coefficient (Wildman–Crippen LogP) is 3.66. The number of hydrogen-bond acceptors (Lipinski definition) is 11. The number of hydrogen-bond donors (Lipinski definition) is 1. The number of ether oxygens (including phenoxy) is 6. The van der Waals surface area contributed by atoms with Crippen molar-refractivity contribution in [3.8, 4) is 5.88 Å². The van der Waals surface area contributed by atoms with Gasteiger partial charge in [-0.2, -0.15) is 0 Å². The van der Waals surface area contributed by atoms with Crippen molar-refractivity contribution in [3.05, 3.63) is 45.1 Å². The molecule has 2 heterocycles. The van der Waals surface area contributed by atoms with Gasteiger partial charge in [-0.25, -0.2) is 0 Å². The Labute approximate surface area is 246 Å². The Morgan fingerprint density at radius 1 is 0.951 bits per heavy atom. The van der Waals surface area contributed by atoms with E-state index in [1.54, 1.807) is 0 Å². The van der Waals surface area contributed by atoms with E-state index in [0.29, 0.717) is 6.42 Å². The molecule has 1 saturated heterocycles. The summed E-state index contributed by atoms with van der Waals surface area (Å²) in [6, 6.07) is 5.94. The monoisotopic (exact) mass is 638 g/mol. The number of aryl methyl sites for hydroxylation is 1. The van der Waals surface area contributed by atoms with Crippen molar-refractivity contribution in [2.24, 2.45) is 0 Å². The van der Waals surface area contributed by atoms with Crippen molar-refractivity contribution in [2.75, 3.05) is 6.61 Å². The van der Waals surface area contributed by atoms with Crippen LogP contribution in [0.15, 0.2) is 22.7 Å². The number of aromatic nitrogens is 2. The number of nitrogens with zero attached hydrogens (tertiary/aromatic N) is 1. The molecule has 1 fully saturated rings. The standard InChI is InChI=1S/C28H35BrN2O10/c1-13(2)23-21(11-19-8-9-20(29)10-14(19)3)27(31-30-23)41-28-26(39-18(7)35)25(38-17(6)34)24(37-16(5)33)22(40-28)12-36-15(4)32/h8-10,13,22,24-26,28H,11-12H2,1-7H3,(H,30,31)/t22-,24-,25+,26-,28-/m1/s1. The molecule has 1 aliphatic heterocycles. The Morgan fingerprint density at radius 3 is 2.12 bits per heavy atom. The van der Waals surface area contributed by atoms with Crippen LogP contribution in [0.2, 0.25) is 0 Å². The molecule has 1 aromatic heterocycles. The number of halogens is 1. The highest BCUT2D eigenvalue weighted by Gasteiger charge is 2.53. The van der Waals surface area contributed by atoms with Crippen LogP contribution in [0.25, 0.3) is 0 Å². The zero-order chi connectivity index (χ0) is 30.4. The molecule has 0 aliphatic carbocycles. The summed E-state index contributed by atoms with van der Waals surface area (Å²) in [7, 11) is 0. The van der Waals surface area contributed by atoms with E-state index in [-0.39, 0.29) is 18.4 Å². The van der Waals surface area contributed by atoms with Gasteiger partial charge in [0.15, 0.2) is 12.2 Å². The molecule has 224 valence electrons. The van der Waals surface area contributed by atoms with Gasteiger partial charge in [0.25, 0.3) is 0 Å². The summed E-state index contributed by atoms with van der Waals surface area (Å²) in [5.41, 5.74) is 3.66. The quantitative estimate of drug-likeness (QED) is 0.300. The summed E-state index contributed by atoms with van der Waals surface area (Å²) in [4.78, 5) is 47.9. The lowest BCUT2D eigenvalue weighted by Crippen LogP contribution is -2.63. The third-order valence-corrected chi connectivity index (χ3v) is 6.78. The molecule has 0 spiro atoms.